The summed E-state index contributed by atoms with van der Waals surface area (Å²) in [6.07, 6.45) is 3.63. The van der Waals surface area contributed by atoms with E-state index in [9.17, 15) is 9.18 Å². The fourth-order valence-electron chi connectivity index (χ4n) is 1.86. The molecule has 0 radical (unpaired) electrons. The first-order chi connectivity index (χ1) is 10.7. The van der Waals surface area contributed by atoms with E-state index in [1.807, 2.05) is 19.1 Å². The van der Waals surface area contributed by atoms with E-state index in [0.29, 0.717) is 23.6 Å². The van der Waals surface area contributed by atoms with E-state index < -0.39 is 0 Å². The van der Waals surface area contributed by atoms with Gasteiger partial charge in [-0.25, -0.2) is 4.39 Å². The average molecular weight is 299 g/mol. The molecule has 0 saturated heterocycles. The number of benzene rings is 2. The van der Waals surface area contributed by atoms with Crippen molar-refractivity contribution in [1.29, 1.82) is 0 Å². The Labute approximate surface area is 129 Å². The predicted molar refractivity (Wildman–Crippen MR) is 86.3 cm³/mol. The number of carbonyl (C=O) groups is 1. The molecule has 0 spiro atoms. The van der Waals surface area contributed by atoms with E-state index in [1.165, 1.54) is 18.2 Å². The van der Waals surface area contributed by atoms with Crippen molar-refractivity contribution in [2.45, 2.75) is 13.3 Å². The Morgan fingerprint density at radius 3 is 2.68 bits per heavy atom. The van der Waals surface area contributed by atoms with Crippen LogP contribution in [0, 0.1) is 5.82 Å². The van der Waals surface area contributed by atoms with Crippen molar-refractivity contribution in [2.24, 2.45) is 0 Å². The van der Waals surface area contributed by atoms with Gasteiger partial charge in [-0.15, -0.1) is 0 Å². The molecule has 0 bridgehead atoms. The van der Waals surface area contributed by atoms with Gasteiger partial charge in [0.05, 0.1) is 12.3 Å². The molecule has 0 aliphatic heterocycles. The summed E-state index contributed by atoms with van der Waals surface area (Å²) in [5, 5.41) is 2.74. The molecule has 0 saturated carbocycles. The fraction of sp³-hybridized carbons (Fsp3) is 0.167. The highest BCUT2D eigenvalue weighted by atomic mass is 19.1. The summed E-state index contributed by atoms with van der Waals surface area (Å²) in [6, 6.07) is 13.5. The number of ether oxygens (including phenoxy) is 1. The molecule has 3 nitrogen and oxygen atoms in total. The van der Waals surface area contributed by atoms with Gasteiger partial charge in [0.2, 0.25) is 5.91 Å². The number of hydrogen-bond acceptors (Lipinski definition) is 2. The zero-order valence-corrected chi connectivity index (χ0v) is 12.4. The maximum absolute atomic E-state index is 13.5. The largest absolute Gasteiger partial charge is 0.491 e. The van der Waals surface area contributed by atoms with Crippen LogP contribution in [0.2, 0.25) is 0 Å². The number of nitrogens with one attached hydrogen (secondary N) is 1. The molecular weight excluding hydrogens is 281 g/mol. The van der Waals surface area contributed by atoms with Gasteiger partial charge in [-0.3, -0.25) is 4.79 Å². The minimum atomic E-state index is -0.363. The zero-order chi connectivity index (χ0) is 15.8. The lowest BCUT2D eigenvalue weighted by Crippen LogP contribution is -2.09. The van der Waals surface area contributed by atoms with Crippen molar-refractivity contribution in [1.82, 2.24) is 0 Å². The minimum Gasteiger partial charge on any atom is -0.491 e. The van der Waals surface area contributed by atoms with E-state index >= 15 is 0 Å². The second-order valence-corrected chi connectivity index (χ2v) is 4.69. The first-order valence-corrected chi connectivity index (χ1v) is 7.16. The quantitative estimate of drug-likeness (QED) is 0.809. The molecular formula is C18H18FNO2. The number of halogens is 1. The van der Waals surface area contributed by atoms with Crippen LogP contribution in [-0.4, -0.2) is 12.5 Å². The number of anilines is 1. The molecule has 0 aromatic heterocycles. The van der Waals surface area contributed by atoms with Crippen LogP contribution < -0.4 is 10.1 Å². The van der Waals surface area contributed by atoms with Gasteiger partial charge < -0.3 is 10.1 Å². The van der Waals surface area contributed by atoms with E-state index in [-0.39, 0.29) is 11.7 Å². The Balaban J connectivity index is 2.05. The smallest absolute Gasteiger partial charge is 0.248 e. The van der Waals surface area contributed by atoms with Crippen molar-refractivity contribution < 1.29 is 13.9 Å². The number of para-hydroxylation sites is 2. The molecule has 0 aliphatic carbocycles. The van der Waals surface area contributed by atoms with E-state index in [2.05, 4.69) is 5.32 Å². The molecule has 0 fully saturated rings. The van der Waals surface area contributed by atoms with Crippen LogP contribution in [0.5, 0.6) is 5.75 Å². The molecule has 1 N–H and O–H groups in total. The third-order valence-corrected chi connectivity index (χ3v) is 2.93. The number of hydrogen-bond donors (Lipinski definition) is 1. The summed E-state index contributed by atoms with van der Waals surface area (Å²) in [5.74, 6) is -0.0778. The van der Waals surface area contributed by atoms with Crippen LogP contribution in [0.15, 0.2) is 54.6 Å². The summed E-state index contributed by atoms with van der Waals surface area (Å²) in [5.41, 5.74) is 0.965. The van der Waals surface area contributed by atoms with Crippen molar-refractivity contribution >= 4 is 17.7 Å². The third-order valence-electron chi connectivity index (χ3n) is 2.93. The van der Waals surface area contributed by atoms with Crippen LogP contribution in [0.1, 0.15) is 18.9 Å². The summed E-state index contributed by atoms with van der Waals surface area (Å²) in [4.78, 5) is 11.9. The summed E-state index contributed by atoms with van der Waals surface area (Å²) < 4.78 is 19.0. The van der Waals surface area contributed by atoms with Gasteiger partial charge in [-0.05, 0) is 30.7 Å². The Morgan fingerprint density at radius 2 is 1.91 bits per heavy atom. The van der Waals surface area contributed by atoms with Crippen molar-refractivity contribution in [3.63, 3.8) is 0 Å². The maximum Gasteiger partial charge on any atom is 0.248 e. The lowest BCUT2D eigenvalue weighted by Gasteiger charge is -2.10. The first-order valence-electron chi connectivity index (χ1n) is 7.16. The number of amides is 1. The molecule has 0 unspecified atom stereocenters. The maximum atomic E-state index is 13.5. The minimum absolute atomic E-state index is 0.337. The molecule has 22 heavy (non-hydrogen) atoms. The highest BCUT2D eigenvalue weighted by Crippen LogP contribution is 2.23. The van der Waals surface area contributed by atoms with Crippen LogP contribution in [0.4, 0.5) is 10.1 Å². The van der Waals surface area contributed by atoms with Gasteiger partial charge in [-0.1, -0.05) is 37.3 Å². The standard InChI is InChI=1S/C18H18FNO2/c1-2-13-22-17-10-6-5-9-16(17)20-18(21)12-11-14-7-3-4-8-15(14)19/h3-12H,2,13H2,1H3,(H,20,21)/b12-11+. The van der Waals surface area contributed by atoms with Crippen LogP contribution in [0.3, 0.4) is 0 Å². The number of carbonyl (C=O) groups excluding carboxylic acids is 1. The predicted octanol–water partition coefficient (Wildman–Crippen LogP) is 4.27. The summed E-state index contributed by atoms with van der Waals surface area (Å²) in [7, 11) is 0. The van der Waals surface area contributed by atoms with Gasteiger partial charge in [0, 0.05) is 11.6 Å². The summed E-state index contributed by atoms with van der Waals surface area (Å²) >= 11 is 0. The molecule has 4 heteroatoms. The van der Waals surface area contributed by atoms with Crippen molar-refractivity contribution in [3.05, 3.63) is 66.0 Å². The molecule has 1 amide bonds. The molecule has 0 aliphatic rings. The Kier molecular flexibility index (Phi) is 5.72. The zero-order valence-electron chi connectivity index (χ0n) is 12.4. The lowest BCUT2D eigenvalue weighted by molar-refractivity contribution is -0.111. The molecule has 0 atom stereocenters. The third kappa shape index (κ3) is 4.45. The van der Waals surface area contributed by atoms with Gasteiger partial charge in [0.1, 0.15) is 11.6 Å². The highest BCUT2D eigenvalue weighted by Gasteiger charge is 2.05. The number of rotatable bonds is 6. The van der Waals surface area contributed by atoms with Gasteiger partial charge in [-0.2, -0.15) is 0 Å². The molecule has 2 aromatic carbocycles. The monoisotopic (exact) mass is 299 g/mol. The van der Waals surface area contributed by atoms with Gasteiger partial charge in [0.25, 0.3) is 0 Å². The van der Waals surface area contributed by atoms with E-state index in [1.54, 1.807) is 30.3 Å². The normalized spacial score (nSPS) is 10.6. The first kappa shape index (κ1) is 15.8. The molecule has 2 aromatic rings. The van der Waals surface area contributed by atoms with E-state index in [4.69, 9.17) is 4.74 Å². The van der Waals surface area contributed by atoms with Crippen molar-refractivity contribution in [3.8, 4) is 5.75 Å². The Hall–Kier alpha value is -2.62. The highest BCUT2D eigenvalue weighted by molar-refractivity contribution is 6.02. The summed E-state index contributed by atoms with van der Waals surface area (Å²) in [6.45, 7) is 2.59. The van der Waals surface area contributed by atoms with E-state index in [0.717, 1.165) is 6.42 Å². The topological polar surface area (TPSA) is 38.3 Å². The second-order valence-electron chi connectivity index (χ2n) is 4.69. The Bertz CT molecular complexity index is 668. The fourth-order valence-corrected chi connectivity index (χ4v) is 1.86. The van der Waals surface area contributed by atoms with Crippen LogP contribution >= 0.6 is 0 Å². The molecule has 2 rings (SSSR count). The van der Waals surface area contributed by atoms with Crippen LogP contribution in [0.25, 0.3) is 6.08 Å². The SMILES string of the molecule is CCCOc1ccccc1NC(=O)/C=C/c1ccccc1F. The lowest BCUT2D eigenvalue weighted by atomic mass is 10.2. The van der Waals surface area contributed by atoms with Crippen molar-refractivity contribution in [2.75, 3.05) is 11.9 Å². The molecule has 114 valence electrons. The van der Waals surface area contributed by atoms with Gasteiger partial charge >= 0.3 is 0 Å². The average Bonchev–Trinajstić information content (AvgIpc) is 2.53. The van der Waals surface area contributed by atoms with Crippen LogP contribution in [-0.2, 0) is 4.79 Å². The Morgan fingerprint density at radius 1 is 1.18 bits per heavy atom. The second kappa shape index (κ2) is 7.98. The van der Waals surface area contributed by atoms with Gasteiger partial charge in [0.15, 0.2) is 0 Å². The molecule has 0 heterocycles.